The van der Waals surface area contributed by atoms with Gasteiger partial charge in [0.05, 0.1) is 6.42 Å². The smallest absolute Gasteiger partial charge is 1.00 e. The Balaban J connectivity index is -0.000000414. The van der Waals surface area contributed by atoms with Gasteiger partial charge in [-0.05, 0) is 12.8 Å². The summed E-state index contributed by atoms with van der Waals surface area (Å²) >= 11 is 0. The van der Waals surface area contributed by atoms with Crippen LogP contribution in [0.3, 0.4) is 0 Å². The minimum Gasteiger partial charge on any atom is -1.00 e. The van der Waals surface area contributed by atoms with E-state index in [2.05, 4.69) is 13.8 Å². The maximum atomic E-state index is 10.2. The summed E-state index contributed by atoms with van der Waals surface area (Å²) in [5.74, 6) is -3.50. The fraction of sp³-hybridized carbons (Fsp3) is 0.933. The van der Waals surface area contributed by atoms with Gasteiger partial charge in [0.15, 0.2) is 5.25 Å². The molecule has 0 saturated carbocycles. The van der Waals surface area contributed by atoms with E-state index in [1.165, 1.54) is 141 Å². The predicted octanol–water partition coefficient (Wildman–Crippen LogP) is 5.54. The molecule has 8 nitrogen and oxygen atoms in total. The van der Waals surface area contributed by atoms with Gasteiger partial charge >= 0.3 is 41.5 Å². The van der Waals surface area contributed by atoms with E-state index in [-0.39, 0.29) is 31.0 Å². The minimum atomic E-state index is -4.84. The first-order chi connectivity index (χ1) is 18.7. The number of hydrogen-bond acceptors (Lipinski definition) is 5. The normalized spacial score (nSPS) is 11.8. The average molecular weight is 605 g/mol. The van der Waals surface area contributed by atoms with Crippen LogP contribution in [0.15, 0.2) is 0 Å². The van der Waals surface area contributed by atoms with E-state index >= 15 is 0 Å². The van der Waals surface area contributed by atoms with Crippen molar-refractivity contribution in [2.24, 2.45) is 0 Å². The molecule has 0 amide bonds. The fourth-order valence-electron chi connectivity index (χ4n) is 4.32. The van der Waals surface area contributed by atoms with Crippen molar-refractivity contribution in [2.75, 3.05) is 13.2 Å². The van der Waals surface area contributed by atoms with Gasteiger partial charge in [0.1, 0.15) is 0 Å². The Morgan fingerprint density at radius 2 is 0.875 bits per heavy atom. The maximum absolute atomic E-state index is 10.2. The number of carboxylic acids is 2. The molecule has 0 aliphatic rings. The minimum absolute atomic E-state index is 0. The Kier molecular flexibility index (Phi) is 36.9. The number of rotatable bonds is 28. The van der Waals surface area contributed by atoms with Crippen molar-refractivity contribution in [3.8, 4) is 0 Å². The molecule has 10 heteroatoms. The van der Waals surface area contributed by atoms with Gasteiger partial charge in [-0.2, -0.15) is 8.42 Å². The summed E-state index contributed by atoms with van der Waals surface area (Å²) in [6.07, 6.45) is 30.0. The molecule has 1 unspecified atom stereocenters. The Morgan fingerprint density at radius 3 is 1.07 bits per heavy atom. The van der Waals surface area contributed by atoms with E-state index < -0.39 is 33.7 Å². The first-order valence-corrected chi connectivity index (χ1v) is 17.2. The zero-order chi connectivity index (χ0) is 29.6. The standard InChI is InChI=1S/C26H54O.C4H6O7S.Na.H/c1-3-5-7-9-11-13-15-17-19-21-23-25-27-26-24-22-20-18-16-14-12-10-8-6-4-2;5-3(6)1-2(4(7)8)12(9,10)11;;/h3-26H2,1-2H3;2H,1H2,(H,5,6)(H,7,8)(H,9,10,11);;/q;;+1;-1. The van der Waals surface area contributed by atoms with Crippen LogP contribution in [0.2, 0.25) is 0 Å². The van der Waals surface area contributed by atoms with Gasteiger partial charge in [-0.1, -0.05) is 142 Å². The maximum Gasteiger partial charge on any atom is 1.00 e. The SMILES string of the molecule is CCCCCCCCCCCCCOCCCCCCCCCCCCC.O=C(O)CC(C(=O)O)S(=O)(=O)O.[H-].[Na+]. The Morgan fingerprint density at radius 1 is 0.600 bits per heavy atom. The molecule has 0 heterocycles. The molecular formula is C30H61NaO8S. The van der Waals surface area contributed by atoms with Crippen molar-refractivity contribution >= 4 is 22.1 Å². The van der Waals surface area contributed by atoms with Crippen molar-refractivity contribution < 1.29 is 68.5 Å². The van der Waals surface area contributed by atoms with Crippen LogP contribution in [0.5, 0.6) is 0 Å². The van der Waals surface area contributed by atoms with Crippen LogP contribution in [0.1, 0.15) is 163 Å². The Labute approximate surface area is 269 Å². The predicted molar refractivity (Wildman–Crippen MR) is 160 cm³/mol. The Bertz CT molecular complexity index is 641. The van der Waals surface area contributed by atoms with Crippen LogP contribution < -0.4 is 29.6 Å². The van der Waals surface area contributed by atoms with Crippen molar-refractivity contribution in [2.45, 2.75) is 167 Å². The monoisotopic (exact) mass is 604 g/mol. The zero-order valence-corrected chi connectivity index (χ0v) is 28.9. The molecule has 3 N–H and O–H groups in total. The summed E-state index contributed by atoms with van der Waals surface area (Å²) in [5.41, 5.74) is 0. The van der Waals surface area contributed by atoms with Crippen LogP contribution >= 0.6 is 0 Å². The van der Waals surface area contributed by atoms with Crippen LogP contribution in [-0.4, -0.2) is 53.6 Å². The molecular weight excluding hydrogens is 543 g/mol. The summed E-state index contributed by atoms with van der Waals surface area (Å²) in [6, 6.07) is 0. The summed E-state index contributed by atoms with van der Waals surface area (Å²) < 4.78 is 34.5. The van der Waals surface area contributed by atoms with Gasteiger partial charge in [0.25, 0.3) is 10.1 Å². The number of aliphatic carboxylic acids is 2. The Hall–Kier alpha value is -0.190. The van der Waals surface area contributed by atoms with Crippen LogP contribution in [-0.2, 0) is 24.4 Å². The summed E-state index contributed by atoms with van der Waals surface area (Å²) in [4.78, 5) is 20.0. The van der Waals surface area contributed by atoms with Crippen molar-refractivity contribution in [1.82, 2.24) is 0 Å². The van der Waals surface area contributed by atoms with Gasteiger partial charge in [0.2, 0.25) is 0 Å². The molecule has 0 aromatic heterocycles. The van der Waals surface area contributed by atoms with Gasteiger partial charge < -0.3 is 16.4 Å². The van der Waals surface area contributed by atoms with Crippen LogP contribution in [0, 0.1) is 0 Å². The van der Waals surface area contributed by atoms with Crippen LogP contribution in [0.4, 0.5) is 0 Å². The second-order valence-corrected chi connectivity index (χ2v) is 12.2. The zero-order valence-electron chi connectivity index (χ0n) is 27.0. The van der Waals surface area contributed by atoms with Gasteiger partial charge in [0, 0.05) is 13.2 Å². The topological polar surface area (TPSA) is 138 Å². The first kappa shape index (κ1) is 44.3. The molecule has 40 heavy (non-hydrogen) atoms. The molecule has 0 fully saturated rings. The molecule has 0 spiro atoms. The number of hydrogen-bond donors (Lipinski definition) is 3. The van der Waals surface area contributed by atoms with Gasteiger partial charge in [-0.25, -0.2) is 0 Å². The van der Waals surface area contributed by atoms with Crippen molar-refractivity contribution in [3.63, 3.8) is 0 Å². The molecule has 1 atom stereocenters. The fourth-order valence-corrected chi connectivity index (χ4v) is 4.93. The number of carboxylic acid groups (broad SMARTS) is 2. The van der Waals surface area contributed by atoms with E-state index in [0.29, 0.717) is 0 Å². The number of unbranched alkanes of at least 4 members (excludes halogenated alkanes) is 20. The summed E-state index contributed by atoms with van der Waals surface area (Å²) in [6.45, 7) is 6.58. The first-order valence-electron chi connectivity index (χ1n) is 15.6. The number of ether oxygens (including phenoxy) is 1. The van der Waals surface area contributed by atoms with Crippen molar-refractivity contribution in [3.05, 3.63) is 0 Å². The number of carbonyl (C=O) groups is 2. The second-order valence-electron chi connectivity index (χ2n) is 10.6. The third kappa shape index (κ3) is 35.8. The van der Waals surface area contributed by atoms with Gasteiger partial charge in [-0.3, -0.25) is 14.1 Å². The van der Waals surface area contributed by atoms with Crippen LogP contribution in [0.25, 0.3) is 0 Å². The van der Waals surface area contributed by atoms with Gasteiger partial charge in [-0.15, -0.1) is 0 Å². The quantitative estimate of drug-likeness (QED) is 0.0601. The molecule has 0 aromatic carbocycles. The molecule has 0 bridgehead atoms. The largest absolute Gasteiger partial charge is 1.00 e. The second kappa shape index (κ2) is 33.3. The molecule has 0 radical (unpaired) electrons. The van der Waals surface area contributed by atoms with E-state index in [1.54, 1.807) is 0 Å². The van der Waals surface area contributed by atoms with E-state index in [0.717, 1.165) is 13.2 Å². The molecule has 0 rings (SSSR count). The average Bonchev–Trinajstić information content (AvgIpc) is 2.87. The molecule has 0 saturated heterocycles. The summed E-state index contributed by atoms with van der Waals surface area (Å²) in [5, 5.41) is 13.9. The third-order valence-electron chi connectivity index (χ3n) is 6.78. The molecule has 0 aromatic rings. The van der Waals surface area contributed by atoms with E-state index in [9.17, 15) is 18.0 Å². The molecule has 0 aliphatic heterocycles. The third-order valence-corrected chi connectivity index (χ3v) is 7.87. The molecule has 0 aliphatic carbocycles. The molecule has 236 valence electrons. The van der Waals surface area contributed by atoms with E-state index in [1.807, 2.05) is 0 Å². The van der Waals surface area contributed by atoms with Crippen molar-refractivity contribution in [1.29, 1.82) is 0 Å². The summed E-state index contributed by atoms with van der Waals surface area (Å²) in [7, 11) is -4.84. The van der Waals surface area contributed by atoms with E-state index in [4.69, 9.17) is 19.5 Å².